The van der Waals surface area contributed by atoms with E-state index in [0.717, 1.165) is 0 Å². The topological polar surface area (TPSA) is 12.0 Å². The lowest BCUT2D eigenvalue weighted by Crippen LogP contribution is -2.05. The zero-order valence-electron chi connectivity index (χ0n) is 10.7. The van der Waals surface area contributed by atoms with E-state index in [4.69, 9.17) is 0 Å². The van der Waals surface area contributed by atoms with Crippen LogP contribution in [0.1, 0.15) is 17.8 Å². The van der Waals surface area contributed by atoms with Crippen LogP contribution in [0.5, 0.6) is 0 Å². The minimum Gasteiger partial charge on any atom is -0.377 e. The first-order valence-electron chi connectivity index (χ1n) is 6.27. The molecule has 1 N–H and O–H groups in total. The van der Waals surface area contributed by atoms with Crippen molar-refractivity contribution in [3.05, 3.63) is 64.2 Å². The maximum atomic E-state index is 3.62. The summed E-state index contributed by atoms with van der Waals surface area (Å²) in [7, 11) is 0. The number of hydrogen-bond acceptors (Lipinski definition) is 3. The highest BCUT2D eigenvalue weighted by molar-refractivity contribution is 7.13. The van der Waals surface area contributed by atoms with E-state index in [1.54, 1.807) is 22.7 Å². The lowest BCUT2D eigenvalue weighted by Gasteiger charge is -2.16. The molecule has 0 spiro atoms. The number of nitrogens with one attached hydrogen (secondary N) is 1. The molecular formula is C16H15NS2. The van der Waals surface area contributed by atoms with Gasteiger partial charge in [0.05, 0.1) is 6.04 Å². The summed E-state index contributed by atoms with van der Waals surface area (Å²) in [6, 6.07) is 17.4. The van der Waals surface area contributed by atoms with Gasteiger partial charge in [0.25, 0.3) is 0 Å². The van der Waals surface area contributed by atoms with Crippen LogP contribution in [0, 0.1) is 0 Å². The van der Waals surface area contributed by atoms with E-state index < -0.39 is 0 Å². The van der Waals surface area contributed by atoms with Crippen LogP contribution in [-0.2, 0) is 0 Å². The zero-order valence-corrected chi connectivity index (χ0v) is 12.3. The summed E-state index contributed by atoms with van der Waals surface area (Å²) in [6.45, 7) is 2.21. The molecule has 2 heterocycles. The van der Waals surface area contributed by atoms with E-state index in [9.17, 15) is 0 Å². The van der Waals surface area contributed by atoms with E-state index in [-0.39, 0.29) is 0 Å². The number of thiophene rings is 2. The Morgan fingerprint density at radius 1 is 0.895 bits per heavy atom. The number of rotatable bonds is 4. The van der Waals surface area contributed by atoms with Crippen LogP contribution < -0.4 is 5.32 Å². The van der Waals surface area contributed by atoms with Crippen LogP contribution in [0.3, 0.4) is 0 Å². The molecule has 0 saturated heterocycles. The van der Waals surface area contributed by atoms with Gasteiger partial charge in [-0.25, -0.2) is 0 Å². The second-order valence-corrected chi connectivity index (χ2v) is 6.33. The Hall–Kier alpha value is -1.58. The first kappa shape index (κ1) is 12.5. The fourth-order valence-corrected chi connectivity index (χ4v) is 3.60. The summed E-state index contributed by atoms with van der Waals surface area (Å²) in [5.74, 6) is 0. The highest BCUT2D eigenvalue weighted by Gasteiger charge is 2.10. The minimum absolute atomic E-state index is 0.334. The van der Waals surface area contributed by atoms with Gasteiger partial charge in [-0.15, -0.1) is 22.7 Å². The van der Waals surface area contributed by atoms with Crippen molar-refractivity contribution in [3.8, 4) is 10.4 Å². The van der Waals surface area contributed by atoms with Gasteiger partial charge >= 0.3 is 0 Å². The smallest absolute Gasteiger partial charge is 0.0578 e. The van der Waals surface area contributed by atoms with Gasteiger partial charge in [-0.2, -0.15) is 0 Å². The van der Waals surface area contributed by atoms with Crippen molar-refractivity contribution in [1.82, 2.24) is 0 Å². The van der Waals surface area contributed by atoms with Gasteiger partial charge in [0, 0.05) is 21.0 Å². The normalized spacial score (nSPS) is 12.3. The number of anilines is 1. The van der Waals surface area contributed by atoms with Crippen LogP contribution >= 0.6 is 22.7 Å². The highest BCUT2D eigenvalue weighted by Crippen LogP contribution is 2.33. The summed E-state index contributed by atoms with van der Waals surface area (Å²) >= 11 is 3.57. The first-order valence-corrected chi connectivity index (χ1v) is 8.03. The molecule has 2 aromatic heterocycles. The highest BCUT2D eigenvalue weighted by atomic mass is 32.1. The van der Waals surface area contributed by atoms with Crippen molar-refractivity contribution in [2.24, 2.45) is 0 Å². The molecule has 19 heavy (non-hydrogen) atoms. The van der Waals surface area contributed by atoms with Gasteiger partial charge in [-0.1, -0.05) is 30.3 Å². The molecule has 3 aromatic rings. The Morgan fingerprint density at radius 2 is 1.68 bits per heavy atom. The third-order valence-corrected chi connectivity index (χ3v) is 5.01. The molecule has 3 heteroatoms. The summed E-state index contributed by atoms with van der Waals surface area (Å²) in [5, 5.41) is 7.86. The zero-order chi connectivity index (χ0) is 13.1. The Morgan fingerprint density at radius 3 is 2.42 bits per heavy atom. The molecule has 96 valence electrons. The van der Waals surface area contributed by atoms with E-state index in [2.05, 4.69) is 71.5 Å². The average molecular weight is 285 g/mol. The molecule has 1 nitrogen and oxygen atoms in total. The molecular weight excluding hydrogens is 270 g/mol. The molecule has 0 aliphatic rings. The Labute approximate surface area is 121 Å². The van der Waals surface area contributed by atoms with Crippen LogP contribution in [0.2, 0.25) is 0 Å². The molecule has 0 amide bonds. The van der Waals surface area contributed by atoms with Crippen molar-refractivity contribution in [1.29, 1.82) is 0 Å². The maximum Gasteiger partial charge on any atom is 0.0578 e. The fraction of sp³-hybridized carbons (Fsp3) is 0.125. The van der Waals surface area contributed by atoms with E-state index in [1.807, 2.05) is 0 Å². The molecule has 1 unspecified atom stereocenters. The second-order valence-electron chi connectivity index (χ2n) is 4.40. The monoisotopic (exact) mass is 285 g/mol. The Balaban J connectivity index is 1.89. The van der Waals surface area contributed by atoms with Crippen molar-refractivity contribution in [2.75, 3.05) is 5.32 Å². The van der Waals surface area contributed by atoms with Crippen molar-refractivity contribution in [2.45, 2.75) is 13.0 Å². The summed E-state index contributed by atoms with van der Waals surface area (Å²) in [6.07, 6.45) is 0. The predicted octanol–water partition coefficient (Wildman–Crippen LogP) is 5.65. The number of hydrogen-bond donors (Lipinski definition) is 1. The van der Waals surface area contributed by atoms with Gasteiger partial charge in [-0.3, -0.25) is 0 Å². The Kier molecular flexibility index (Phi) is 3.67. The standard InChI is InChI=1S/C16H15NS2/c1-12(15-8-4-10-18-15)17-14-7-3-2-6-13(14)16-9-5-11-19-16/h2-12,17H,1H3. The summed E-state index contributed by atoms with van der Waals surface area (Å²) in [5.41, 5.74) is 2.48. The maximum absolute atomic E-state index is 3.62. The second kappa shape index (κ2) is 5.59. The average Bonchev–Trinajstić information content (AvgIpc) is 3.13. The Bertz CT molecular complexity index is 627. The van der Waals surface area contributed by atoms with Crippen LogP contribution in [0.4, 0.5) is 5.69 Å². The summed E-state index contributed by atoms with van der Waals surface area (Å²) in [4.78, 5) is 2.67. The molecule has 0 aliphatic carbocycles. The van der Waals surface area contributed by atoms with Gasteiger partial charge in [0.15, 0.2) is 0 Å². The fourth-order valence-electron chi connectivity index (χ4n) is 2.10. The third kappa shape index (κ3) is 2.72. The molecule has 3 rings (SSSR count). The molecule has 1 atom stereocenters. The molecule has 1 aromatic carbocycles. The van der Waals surface area contributed by atoms with Gasteiger partial charge in [-0.05, 0) is 35.9 Å². The lowest BCUT2D eigenvalue weighted by atomic mass is 10.1. The molecule has 0 fully saturated rings. The third-order valence-electron chi connectivity index (χ3n) is 3.06. The molecule has 0 saturated carbocycles. The van der Waals surface area contributed by atoms with Gasteiger partial charge < -0.3 is 5.32 Å². The molecule has 0 bridgehead atoms. The first-order chi connectivity index (χ1) is 9.34. The van der Waals surface area contributed by atoms with Crippen molar-refractivity contribution >= 4 is 28.4 Å². The quantitative estimate of drug-likeness (QED) is 0.653. The van der Waals surface area contributed by atoms with Crippen LogP contribution in [0.15, 0.2) is 59.3 Å². The summed E-state index contributed by atoms with van der Waals surface area (Å²) < 4.78 is 0. The van der Waals surface area contributed by atoms with E-state index in [0.29, 0.717) is 6.04 Å². The van der Waals surface area contributed by atoms with Crippen molar-refractivity contribution < 1.29 is 0 Å². The van der Waals surface area contributed by atoms with Crippen LogP contribution in [-0.4, -0.2) is 0 Å². The largest absolute Gasteiger partial charge is 0.377 e. The minimum atomic E-state index is 0.334. The number of benzene rings is 1. The van der Waals surface area contributed by atoms with Crippen molar-refractivity contribution in [3.63, 3.8) is 0 Å². The predicted molar refractivity (Wildman–Crippen MR) is 86.1 cm³/mol. The SMILES string of the molecule is CC(Nc1ccccc1-c1cccs1)c1cccs1. The molecule has 0 aliphatic heterocycles. The number of para-hydroxylation sites is 1. The van der Waals surface area contributed by atoms with E-state index >= 15 is 0 Å². The lowest BCUT2D eigenvalue weighted by molar-refractivity contribution is 0.909. The van der Waals surface area contributed by atoms with Gasteiger partial charge in [0.1, 0.15) is 0 Å². The van der Waals surface area contributed by atoms with Crippen LogP contribution in [0.25, 0.3) is 10.4 Å². The van der Waals surface area contributed by atoms with E-state index in [1.165, 1.54) is 21.0 Å². The molecule has 0 radical (unpaired) electrons. The van der Waals surface area contributed by atoms with Gasteiger partial charge in [0.2, 0.25) is 0 Å².